The Bertz CT molecular complexity index is 1490. The number of nitrogens with zero attached hydrogens (tertiary/aromatic N) is 5. The summed E-state index contributed by atoms with van der Waals surface area (Å²) in [7, 11) is 0. The maximum Gasteiger partial charge on any atom is 0.260 e. The number of para-hydroxylation sites is 1. The van der Waals surface area contributed by atoms with Crippen molar-refractivity contribution in [3.63, 3.8) is 0 Å². The molecule has 0 aliphatic carbocycles. The maximum absolute atomic E-state index is 12.9. The van der Waals surface area contributed by atoms with Gasteiger partial charge in [-0.25, -0.2) is 4.98 Å². The summed E-state index contributed by atoms with van der Waals surface area (Å²) in [6.45, 7) is 4.05. The van der Waals surface area contributed by atoms with Crippen molar-refractivity contribution in [2.45, 2.75) is 24.8 Å². The van der Waals surface area contributed by atoms with Gasteiger partial charge in [0.05, 0.1) is 16.8 Å². The normalized spacial score (nSPS) is 11.3. The zero-order chi connectivity index (χ0) is 22.2. The molecule has 0 bridgehead atoms. The fourth-order valence-corrected chi connectivity index (χ4v) is 5.56. The highest BCUT2D eigenvalue weighted by atomic mass is 35.5. The molecule has 0 aliphatic rings. The number of hydrogen-bond acceptors (Lipinski definition) is 7. The van der Waals surface area contributed by atoms with Crippen LogP contribution in [0.15, 0.2) is 57.8 Å². The number of aromatic amines is 1. The molecule has 0 saturated heterocycles. The number of benzene rings is 2. The summed E-state index contributed by atoms with van der Waals surface area (Å²) in [5, 5.41) is 15.9. The molecule has 1 N–H and O–H groups in total. The van der Waals surface area contributed by atoms with E-state index in [1.54, 1.807) is 4.68 Å². The van der Waals surface area contributed by atoms with Gasteiger partial charge in [-0.1, -0.05) is 59.8 Å². The number of aryl methyl sites for hydroxylation is 2. The number of fused-ring (bicyclic) bond motifs is 1. The van der Waals surface area contributed by atoms with Crippen LogP contribution in [0, 0.1) is 13.8 Å². The Labute approximate surface area is 196 Å². The first-order valence-electron chi connectivity index (χ1n) is 9.76. The molecule has 0 atom stereocenters. The molecule has 10 heteroatoms. The van der Waals surface area contributed by atoms with Crippen LogP contribution in [0.25, 0.3) is 27.0 Å². The van der Waals surface area contributed by atoms with Gasteiger partial charge >= 0.3 is 0 Å². The van der Waals surface area contributed by atoms with E-state index in [9.17, 15) is 4.79 Å². The minimum atomic E-state index is -0.184. The monoisotopic (exact) mass is 480 g/mol. The van der Waals surface area contributed by atoms with Gasteiger partial charge in [0.2, 0.25) is 5.16 Å². The molecule has 5 aromatic rings. The van der Waals surface area contributed by atoms with Gasteiger partial charge in [0, 0.05) is 21.5 Å². The number of halogens is 1. The first kappa shape index (κ1) is 20.9. The van der Waals surface area contributed by atoms with Crippen LogP contribution in [0.4, 0.5) is 0 Å². The van der Waals surface area contributed by atoms with Gasteiger partial charge in [-0.3, -0.25) is 4.79 Å². The third kappa shape index (κ3) is 3.72. The number of H-pyrrole nitrogens is 1. The summed E-state index contributed by atoms with van der Waals surface area (Å²) in [4.78, 5) is 21.2. The van der Waals surface area contributed by atoms with Gasteiger partial charge in [-0.05, 0) is 41.5 Å². The van der Waals surface area contributed by atoms with E-state index in [-0.39, 0.29) is 5.56 Å². The summed E-state index contributed by atoms with van der Waals surface area (Å²) in [6.07, 6.45) is 0. The summed E-state index contributed by atoms with van der Waals surface area (Å²) >= 11 is 9.19. The molecule has 0 unspecified atom stereocenters. The molecule has 160 valence electrons. The highest BCUT2D eigenvalue weighted by Crippen LogP contribution is 2.35. The highest BCUT2D eigenvalue weighted by Gasteiger charge is 2.17. The molecule has 5 rings (SSSR count). The van der Waals surface area contributed by atoms with Crippen molar-refractivity contribution in [2.75, 3.05) is 0 Å². The van der Waals surface area contributed by atoms with Crippen molar-refractivity contribution < 1.29 is 0 Å². The van der Waals surface area contributed by atoms with Gasteiger partial charge in [-0.2, -0.15) is 4.68 Å². The standard InChI is InChI=1S/C22H17ClN6OS2/c1-12-6-5-7-13(2)19(12)29-22(26-27-28-29)32-11-17-24-20(30)18-15(10-31-21(18)25-17)14-8-3-4-9-16(14)23/h3-10H,11H2,1-2H3,(H,24,25,30). The van der Waals surface area contributed by atoms with Crippen molar-refractivity contribution in [1.29, 1.82) is 0 Å². The van der Waals surface area contributed by atoms with E-state index in [1.165, 1.54) is 23.1 Å². The number of nitrogens with one attached hydrogen (secondary N) is 1. The molecule has 0 saturated carbocycles. The summed E-state index contributed by atoms with van der Waals surface area (Å²) in [5.41, 5.74) is 4.55. The summed E-state index contributed by atoms with van der Waals surface area (Å²) in [5.74, 6) is 0.992. The molecular weight excluding hydrogens is 464 g/mol. The van der Waals surface area contributed by atoms with Crippen molar-refractivity contribution in [3.05, 3.63) is 80.2 Å². The lowest BCUT2D eigenvalue weighted by Crippen LogP contribution is -2.11. The Morgan fingerprint density at radius 2 is 1.88 bits per heavy atom. The van der Waals surface area contributed by atoms with Crippen LogP contribution in [-0.4, -0.2) is 30.2 Å². The molecule has 3 heterocycles. The largest absolute Gasteiger partial charge is 0.309 e. The van der Waals surface area contributed by atoms with Crippen molar-refractivity contribution in [2.24, 2.45) is 0 Å². The average Bonchev–Trinajstić information content (AvgIpc) is 3.40. The van der Waals surface area contributed by atoms with Crippen LogP contribution < -0.4 is 5.56 Å². The van der Waals surface area contributed by atoms with E-state index < -0.39 is 0 Å². The van der Waals surface area contributed by atoms with E-state index in [0.29, 0.717) is 32.0 Å². The third-order valence-corrected chi connectivity index (χ3v) is 7.22. The van der Waals surface area contributed by atoms with Gasteiger partial charge in [0.15, 0.2) is 0 Å². The van der Waals surface area contributed by atoms with Gasteiger partial charge in [-0.15, -0.1) is 16.4 Å². The number of tetrazole rings is 1. The van der Waals surface area contributed by atoms with E-state index >= 15 is 0 Å². The molecule has 2 aromatic carbocycles. The van der Waals surface area contributed by atoms with Crippen LogP contribution in [0.5, 0.6) is 0 Å². The Kier molecular flexibility index (Phi) is 5.54. The molecule has 0 fully saturated rings. The number of rotatable bonds is 5. The molecule has 0 amide bonds. The van der Waals surface area contributed by atoms with E-state index in [0.717, 1.165) is 27.9 Å². The third-order valence-electron chi connectivity index (χ3n) is 5.09. The highest BCUT2D eigenvalue weighted by molar-refractivity contribution is 7.98. The van der Waals surface area contributed by atoms with E-state index in [2.05, 4.69) is 25.5 Å². The zero-order valence-electron chi connectivity index (χ0n) is 17.2. The summed E-state index contributed by atoms with van der Waals surface area (Å²) < 4.78 is 1.73. The van der Waals surface area contributed by atoms with Crippen LogP contribution in [0.3, 0.4) is 0 Å². The van der Waals surface area contributed by atoms with Gasteiger partial charge in [0.1, 0.15) is 10.7 Å². The fraction of sp³-hybridized carbons (Fsp3) is 0.136. The van der Waals surface area contributed by atoms with Crippen molar-refractivity contribution in [1.82, 2.24) is 30.2 Å². The second-order valence-corrected chi connectivity index (χ2v) is 9.43. The lowest BCUT2D eigenvalue weighted by atomic mass is 10.1. The zero-order valence-corrected chi connectivity index (χ0v) is 19.6. The van der Waals surface area contributed by atoms with Crippen molar-refractivity contribution in [3.8, 4) is 16.8 Å². The predicted octanol–water partition coefficient (Wildman–Crippen LogP) is 5.19. The molecular formula is C22H17ClN6OS2. The maximum atomic E-state index is 12.9. The van der Waals surface area contributed by atoms with E-state index in [4.69, 9.17) is 11.6 Å². The van der Waals surface area contributed by atoms with E-state index in [1.807, 2.05) is 61.7 Å². The van der Waals surface area contributed by atoms with Gasteiger partial charge in [0.25, 0.3) is 5.56 Å². The quantitative estimate of drug-likeness (QED) is 0.348. The Morgan fingerprint density at radius 3 is 2.66 bits per heavy atom. The van der Waals surface area contributed by atoms with Crippen LogP contribution >= 0.6 is 34.7 Å². The average molecular weight is 481 g/mol. The number of hydrogen-bond donors (Lipinski definition) is 1. The van der Waals surface area contributed by atoms with Crippen molar-refractivity contribution >= 4 is 44.9 Å². The molecule has 0 radical (unpaired) electrons. The summed E-state index contributed by atoms with van der Waals surface area (Å²) in [6, 6.07) is 13.5. The molecule has 32 heavy (non-hydrogen) atoms. The second kappa shape index (κ2) is 8.50. The Balaban J connectivity index is 1.46. The minimum Gasteiger partial charge on any atom is -0.309 e. The minimum absolute atomic E-state index is 0.184. The number of thiophene rings is 1. The first-order valence-corrected chi connectivity index (χ1v) is 12.0. The van der Waals surface area contributed by atoms with Crippen LogP contribution in [0.1, 0.15) is 17.0 Å². The van der Waals surface area contributed by atoms with Crippen LogP contribution in [-0.2, 0) is 5.75 Å². The lowest BCUT2D eigenvalue weighted by Gasteiger charge is -2.10. The molecule has 0 spiro atoms. The van der Waals surface area contributed by atoms with Crippen LogP contribution in [0.2, 0.25) is 5.02 Å². The number of aromatic nitrogens is 6. The second-order valence-electron chi connectivity index (χ2n) is 7.22. The predicted molar refractivity (Wildman–Crippen MR) is 129 cm³/mol. The molecule has 7 nitrogen and oxygen atoms in total. The topological polar surface area (TPSA) is 89.3 Å². The number of thioether (sulfide) groups is 1. The smallest absolute Gasteiger partial charge is 0.260 e. The SMILES string of the molecule is Cc1cccc(C)c1-n1nnnc1SCc1nc2scc(-c3ccccc3Cl)c2c(=O)[nH]1. The first-order chi connectivity index (χ1) is 15.5. The Hall–Kier alpha value is -3.01. The lowest BCUT2D eigenvalue weighted by molar-refractivity contribution is 0.747. The molecule has 0 aliphatic heterocycles. The van der Waals surface area contributed by atoms with Gasteiger partial charge < -0.3 is 4.98 Å². The Morgan fingerprint density at radius 1 is 1.09 bits per heavy atom. The fourth-order valence-electron chi connectivity index (χ4n) is 3.62. The molecule has 3 aromatic heterocycles.